The van der Waals surface area contributed by atoms with Crippen LogP contribution in [0.25, 0.3) is 0 Å². The highest BCUT2D eigenvalue weighted by Crippen LogP contribution is 2.26. The van der Waals surface area contributed by atoms with Crippen LogP contribution in [0, 0.1) is 0 Å². The first-order chi connectivity index (χ1) is 9.83. The summed E-state index contributed by atoms with van der Waals surface area (Å²) in [5, 5.41) is 0. The van der Waals surface area contributed by atoms with Crippen molar-refractivity contribution in [1.29, 1.82) is 0 Å². The van der Waals surface area contributed by atoms with Crippen molar-refractivity contribution >= 4 is 9.28 Å². The molecule has 0 N–H and O–H groups in total. The summed E-state index contributed by atoms with van der Waals surface area (Å²) in [6.45, 7) is 7.91. The van der Waals surface area contributed by atoms with E-state index in [-0.39, 0.29) is 0 Å². The molecule has 114 valence electrons. The predicted molar refractivity (Wildman–Crippen MR) is 88.3 cm³/mol. The van der Waals surface area contributed by atoms with Crippen molar-refractivity contribution in [3.63, 3.8) is 0 Å². The van der Waals surface area contributed by atoms with Crippen LogP contribution >= 0.6 is 0 Å². The number of unbranched alkanes of at least 4 members (excludes halogenated alkanes) is 3. The van der Waals surface area contributed by atoms with E-state index >= 15 is 0 Å². The van der Waals surface area contributed by atoms with Gasteiger partial charge in [0.05, 0.1) is 0 Å². The maximum Gasteiger partial charge on any atom is 0.329 e. The van der Waals surface area contributed by atoms with Gasteiger partial charge < -0.3 is 8.85 Å². The Morgan fingerprint density at radius 3 is 2.10 bits per heavy atom. The Hall–Kier alpha value is -0.643. The summed E-state index contributed by atoms with van der Waals surface area (Å²) in [5.41, 5.74) is 1.87. The molecule has 3 heteroatoms. The summed E-state index contributed by atoms with van der Waals surface area (Å²) in [6.07, 6.45) is 6.40. The van der Waals surface area contributed by atoms with Gasteiger partial charge in [-0.25, -0.2) is 0 Å². The number of rotatable bonds is 11. The van der Waals surface area contributed by atoms with Gasteiger partial charge in [0.2, 0.25) is 0 Å². The standard InChI is InChI=1S/C17H30O2Si/c1-4-7-8-12-15-17(16-13-10-9-11-14-16)20(18-5-2)19-6-3/h9-11,13-14,17,20H,4-8,12,15H2,1-3H3. The molecule has 20 heavy (non-hydrogen) atoms. The van der Waals surface area contributed by atoms with Crippen LogP contribution in [-0.4, -0.2) is 22.5 Å². The lowest BCUT2D eigenvalue weighted by molar-refractivity contribution is 0.202. The normalized spacial score (nSPS) is 12.8. The van der Waals surface area contributed by atoms with E-state index < -0.39 is 9.28 Å². The van der Waals surface area contributed by atoms with Crippen LogP contribution in [0.5, 0.6) is 0 Å². The van der Waals surface area contributed by atoms with Gasteiger partial charge in [-0.15, -0.1) is 0 Å². The topological polar surface area (TPSA) is 18.5 Å². The molecule has 1 atom stereocenters. The second-order valence-corrected chi connectivity index (χ2v) is 7.35. The summed E-state index contributed by atoms with van der Waals surface area (Å²) < 4.78 is 11.9. The third kappa shape index (κ3) is 6.20. The lowest BCUT2D eigenvalue weighted by Crippen LogP contribution is -2.31. The smallest absolute Gasteiger partial charge is 0.329 e. The molecular formula is C17H30O2Si. The zero-order chi connectivity index (χ0) is 14.6. The van der Waals surface area contributed by atoms with Gasteiger partial charge in [0.1, 0.15) is 0 Å². The summed E-state index contributed by atoms with van der Waals surface area (Å²) >= 11 is 0. The molecule has 0 bridgehead atoms. The molecule has 0 aliphatic heterocycles. The summed E-state index contributed by atoms with van der Waals surface area (Å²) in [6, 6.07) is 10.8. The SMILES string of the molecule is CCCCCCC(c1ccccc1)[SiH](OCC)OCC. The molecule has 0 radical (unpaired) electrons. The molecule has 0 spiro atoms. The van der Waals surface area contributed by atoms with E-state index in [2.05, 4.69) is 51.1 Å². The van der Waals surface area contributed by atoms with Crippen molar-refractivity contribution in [3.05, 3.63) is 35.9 Å². The van der Waals surface area contributed by atoms with Gasteiger partial charge in [0, 0.05) is 18.8 Å². The van der Waals surface area contributed by atoms with Gasteiger partial charge in [-0.2, -0.15) is 0 Å². The molecule has 1 aromatic carbocycles. The van der Waals surface area contributed by atoms with Gasteiger partial charge in [-0.3, -0.25) is 0 Å². The molecule has 1 unspecified atom stereocenters. The largest absolute Gasteiger partial charge is 0.396 e. The summed E-state index contributed by atoms with van der Waals surface area (Å²) in [7, 11) is -1.63. The lowest BCUT2D eigenvalue weighted by Gasteiger charge is -2.25. The molecule has 0 amide bonds. The van der Waals surface area contributed by atoms with Crippen molar-refractivity contribution in [2.45, 2.75) is 58.4 Å². The average molecular weight is 295 g/mol. The Balaban J connectivity index is 2.71. The molecule has 0 aliphatic rings. The van der Waals surface area contributed by atoms with Gasteiger partial charge in [0.15, 0.2) is 0 Å². The van der Waals surface area contributed by atoms with Crippen LogP contribution in [0.15, 0.2) is 30.3 Å². The minimum atomic E-state index is -1.63. The van der Waals surface area contributed by atoms with E-state index in [0.717, 1.165) is 13.2 Å². The van der Waals surface area contributed by atoms with Crippen molar-refractivity contribution in [3.8, 4) is 0 Å². The maximum atomic E-state index is 5.97. The van der Waals surface area contributed by atoms with Gasteiger partial charge in [0.25, 0.3) is 0 Å². The van der Waals surface area contributed by atoms with Crippen LogP contribution in [0.4, 0.5) is 0 Å². The fraction of sp³-hybridized carbons (Fsp3) is 0.647. The molecule has 1 aromatic rings. The number of hydrogen-bond acceptors (Lipinski definition) is 2. The monoisotopic (exact) mass is 294 g/mol. The highest BCUT2D eigenvalue weighted by Gasteiger charge is 2.26. The first kappa shape index (κ1) is 17.4. The molecular weight excluding hydrogens is 264 g/mol. The highest BCUT2D eigenvalue weighted by molar-refractivity contribution is 6.46. The molecule has 1 rings (SSSR count). The zero-order valence-corrected chi connectivity index (χ0v) is 14.5. The predicted octanol–water partition coefficient (Wildman–Crippen LogP) is 4.57. The van der Waals surface area contributed by atoms with E-state index in [9.17, 15) is 0 Å². The van der Waals surface area contributed by atoms with Crippen LogP contribution in [-0.2, 0) is 8.85 Å². The Labute approximate surface area is 126 Å². The van der Waals surface area contributed by atoms with Crippen molar-refractivity contribution in [1.82, 2.24) is 0 Å². The second kappa shape index (κ2) is 11.1. The van der Waals surface area contributed by atoms with Crippen molar-refractivity contribution < 1.29 is 8.85 Å². The van der Waals surface area contributed by atoms with E-state index in [1.807, 2.05) is 0 Å². The van der Waals surface area contributed by atoms with Crippen LogP contribution in [0.2, 0.25) is 0 Å². The Morgan fingerprint density at radius 2 is 1.55 bits per heavy atom. The van der Waals surface area contributed by atoms with Gasteiger partial charge >= 0.3 is 9.28 Å². The Kier molecular flexibility index (Phi) is 9.63. The van der Waals surface area contributed by atoms with Crippen LogP contribution in [0.1, 0.15) is 64.0 Å². The van der Waals surface area contributed by atoms with E-state index in [1.165, 1.54) is 37.7 Å². The minimum absolute atomic E-state index is 0.480. The highest BCUT2D eigenvalue weighted by atomic mass is 28.3. The lowest BCUT2D eigenvalue weighted by atomic mass is 10.1. The van der Waals surface area contributed by atoms with E-state index in [4.69, 9.17) is 8.85 Å². The molecule has 0 saturated carbocycles. The molecule has 0 fully saturated rings. The molecule has 0 aliphatic carbocycles. The molecule has 0 heterocycles. The molecule has 0 saturated heterocycles. The van der Waals surface area contributed by atoms with E-state index in [1.54, 1.807) is 0 Å². The molecule has 0 aromatic heterocycles. The number of hydrogen-bond donors (Lipinski definition) is 0. The fourth-order valence-electron chi connectivity index (χ4n) is 2.56. The summed E-state index contributed by atoms with van der Waals surface area (Å²) in [4.78, 5) is 0. The third-order valence-corrected chi connectivity index (χ3v) is 6.29. The van der Waals surface area contributed by atoms with Crippen molar-refractivity contribution in [2.24, 2.45) is 0 Å². The van der Waals surface area contributed by atoms with Crippen LogP contribution < -0.4 is 0 Å². The second-order valence-electron chi connectivity index (χ2n) is 5.15. The van der Waals surface area contributed by atoms with Crippen molar-refractivity contribution in [2.75, 3.05) is 13.2 Å². The van der Waals surface area contributed by atoms with Gasteiger partial charge in [-0.05, 0) is 25.8 Å². The maximum absolute atomic E-state index is 5.97. The zero-order valence-electron chi connectivity index (χ0n) is 13.3. The van der Waals surface area contributed by atoms with Gasteiger partial charge in [-0.1, -0.05) is 62.9 Å². The minimum Gasteiger partial charge on any atom is -0.396 e. The fourth-order valence-corrected chi connectivity index (χ4v) is 4.82. The quantitative estimate of drug-likeness (QED) is 0.439. The third-order valence-electron chi connectivity index (χ3n) is 3.59. The Bertz CT molecular complexity index is 323. The van der Waals surface area contributed by atoms with E-state index in [0.29, 0.717) is 5.54 Å². The first-order valence-electron chi connectivity index (χ1n) is 8.11. The number of benzene rings is 1. The summed E-state index contributed by atoms with van der Waals surface area (Å²) in [5.74, 6) is 0. The Morgan fingerprint density at radius 1 is 0.900 bits per heavy atom. The average Bonchev–Trinajstić information content (AvgIpc) is 2.48. The molecule has 2 nitrogen and oxygen atoms in total. The van der Waals surface area contributed by atoms with Crippen LogP contribution in [0.3, 0.4) is 0 Å². The first-order valence-corrected chi connectivity index (χ1v) is 9.72.